The molecule has 1 aliphatic carbocycles. The summed E-state index contributed by atoms with van der Waals surface area (Å²) >= 11 is 5.72. The van der Waals surface area contributed by atoms with E-state index >= 15 is 0 Å². The lowest BCUT2D eigenvalue weighted by atomic mass is 9.93. The fraction of sp³-hybridized carbons (Fsp3) is 0.700. The van der Waals surface area contributed by atoms with Crippen LogP contribution in [-0.2, 0) is 12.2 Å². The zero-order valence-electron chi connectivity index (χ0n) is 8.00. The van der Waals surface area contributed by atoms with E-state index in [2.05, 4.69) is 20.6 Å². The Bertz CT molecular complexity index is 357. The smallest absolute Gasteiger partial charge is 0.108 e. The van der Waals surface area contributed by atoms with Gasteiger partial charge in [-0.3, -0.25) is 4.68 Å². The van der Waals surface area contributed by atoms with E-state index in [0.29, 0.717) is 6.04 Å². The summed E-state index contributed by atoms with van der Waals surface area (Å²) in [6.07, 6.45) is 5.15. The normalized spacial score (nSPS) is 21.8. The van der Waals surface area contributed by atoms with Gasteiger partial charge in [-0.25, -0.2) is 0 Å². The van der Waals surface area contributed by atoms with Gasteiger partial charge in [0.25, 0.3) is 0 Å². The minimum absolute atomic E-state index is 0.681. The minimum atomic E-state index is 0.681. The lowest BCUT2D eigenvalue weighted by Gasteiger charge is -2.26. The van der Waals surface area contributed by atoms with Gasteiger partial charge >= 0.3 is 0 Å². The third-order valence-corrected chi connectivity index (χ3v) is 5.00. The molecule has 0 amide bonds. The van der Waals surface area contributed by atoms with Gasteiger partial charge in [0.15, 0.2) is 0 Å². The Balaban J connectivity index is 2.00. The lowest BCUT2D eigenvalue weighted by molar-refractivity contribution is 0.284. The number of halogens is 1. The third-order valence-electron chi connectivity index (χ3n) is 3.18. The first-order chi connectivity index (χ1) is 6.86. The van der Waals surface area contributed by atoms with Crippen LogP contribution in [0.4, 0.5) is 0 Å². The van der Waals surface area contributed by atoms with Crippen LogP contribution in [0.5, 0.6) is 0 Å². The largest absolute Gasteiger partial charge is 0.255 e. The summed E-state index contributed by atoms with van der Waals surface area (Å²) in [5, 5.41) is 4.73. The molecular weight excluding hydrogens is 260 g/mol. The summed E-state index contributed by atoms with van der Waals surface area (Å²) < 4.78 is 3.48. The molecule has 1 aromatic heterocycles. The fourth-order valence-electron chi connectivity index (χ4n) is 2.05. The van der Waals surface area contributed by atoms with Crippen molar-refractivity contribution in [2.75, 3.05) is 5.75 Å². The van der Waals surface area contributed by atoms with Crippen molar-refractivity contribution in [1.29, 1.82) is 0 Å². The van der Waals surface area contributed by atoms with E-state index in [4.69, 9.17) is 5.10 Å². The second-order valence-electron chi connectivity index (χ2n) is 4.05. The van der Waals surface area contributed by atoms with Gasteiger partial charge in [0.2, 0.25) is 0 Å². The fourth-order valence-corrected chi connectivity index (χ4v) is 3.96. The van der Waals surface area contributed by atoms with E-state index < -0.39 is 0 Å². The van der Waals surface area contributed by atoms with E-state index in [1.807, 2.05) is 11.8 Å². The van der Waals surface area contributed by atoms with Crippen LogP contribution in [0, 0.1) is 0 Å². The summed E-state index contributed by atoms with van der Waals surface area (Å²) in [6.45, 7) is 0. The molecule has 76 valence electrons. The molecule has 0 unspecified atom stereocenters. The topological polar surface area (TPSA) is 17.8 Å². The first-order valence-corrected chi connectivity index (χ1v) is 7.14. The van der Waals surface area contributed by atoms with Gasteiger partial charge < -0.3 is 0 Å². The average Bonchev–Trinajstić information content (AvgIpc) is 2.43. The molecule has 2 aliphatic rings. The van der Waals surface area contributed by atoms with E-state index in [1.54, 1.807) is 0 Å². The molecule has 2 heterocycles. The Morgan fingerprint density at radius 2 is 2.29 bits per heavy atom. The molecule has 0 N–H and O–H groups in total. The van der Waals surface area contributed by atoms with Crippen molar-refractivity contribution in [3.63, 3.8) is 0 Å². The van der Waals surface area contributed by atoms with Crippen molar-refractivity contribution in [2.45, 2.75) is 37.5 Å². The maximum absolute atomic E-state index is 4.73. The van der Waals surface area contributed by atoms with Gasteiger partial charge in [-0.1, -0.05) is 0 Å². The van der Waals surface area contributed by atoms with E-state index in [1.165, 1.54) is 40.9 Å². The number of rotatable bonds is 1. The van der Waals surface area contributed by atoms with Crippen molar-refractivity contribution in [2.24, 2.45) is 0 Å². The SMILES string of the molecule is Brc1c2c(nn1C1CCC1)CCSC2. The Morgan fingerprint density at radius 1 is 1.43 bits per heavy atom. The lowest BCUT2D eigenvalue weighted by Crippen LogP contribution is -2.18. The monoisotopic (exact) mass is 272 g/mol. The minimum Gasteiger partial charge on any atom is -0.255 e. The number of aryl methyl sites for hydroxylation is 1. The summed E-state index contributed by atoms with van der Waals surface area (Å²) in [4.78, 5) is 0. The molecule has 0 spiro atoms. The van der Waals surface area contributed by atoms with Gasteiger partial charge in [0, 0.05) is 17.7 Å². The number of thioether (sulfide) groups is 1. The molecule has 0 radical (unpaired) electrons. The molecule has 1 aliphatic heterocycles. The van der Waals surface area contributed by atoms with E-state index in [0.717, 1.165) is 12.2 Å². The van der Waals surface area contributed by atoms with Gasteiger partial charge in [0.05, 0.1) is 11.7 Å². The zero-order valence-corrected chi connectivity index (χ0v) is 10.4. The van der Waals surface area contributed by atoms with Crippen molar-refractivity contribution < 1.29 is 0 Å². The highest BCUT2D eigenvalue weighted by molar-refractivity contribution is 9.10. The van der Waals surface area contributed by atoms with Crippen molar-refractivity contribution >= 4 is 27.7 Å². The third kappa shape index (κ3) is 1.34. The molecule has 1 fully saturated rings. The van der Waals surface area contributed by atoms with Crippen LogP contribution in [0.1, 0.15) is 36.6 Å². The molecule has 1 saturated carbocycles. The predicted octanol–water partition coefficient (Wildman–Crippen LogP) is 3.16. The Morgan fingerprint density at radius 3 is 2.93 bits per heavy atom. The quantitative estimate of drug-likeness (QED) is 0.782. The van der Waals surface area contributed by atoms with Crippen LogP contribution in [0.15, 0.2) is 4.60 Å². The van der Waals surface area contributed by atoms with Crippen molar-refractivity contribution in [1.82, 2.24) is 9.78 Å². The van der Waals surface area contributed by atoms with E-state index in [-0.39, 0.29) is 0 Å². The number of hydrogen-bond acceptors (Lipinski definition) is 2. The van der Waals surface area contributed by atoms with Gasteiger partial charge in [-0.2, -0.15) is 16.9 Å². The van der Waals surface area contributed by atoms with Gasteiger partial charge in [-0.15, -0.1) is 0 Å². The number of aromatic nitrogens is 2. The summed E-state index contributed by atoms with van der Waals surface area (Å²) in [5.74, 6) is 2.38. The average molecular weight is 273 g/mol. The van der Waals surface area contributed by atoms with Gasteiger partial charge in [0.1, 0.15) is 4.60 Å². The van der Waals surface area contributed by atoms with Crippen LogP contribution in [0.3, 0.4) is 0 Å². The number of hydrogen-bond donors (Lipinski definition) is 0. The van der Waals surface area contributed by atoms with Crippen LogP contribution in [0.2, 0.25) is 0 Å². The summed E-state index contributed by atoms with van der Waals surface area (Å²) in [6, 6.07) is 0.681. The number of nitrogens with zero attached hydrogens (tertiary/aromatic N) is 2. The Kier molecular flexibility index (Phi) is 2.36. The first kappa shape index (κ1) is 9.28. The second kappa shape index (κ2) is 3.56. The van der Waals surface area contributed by atoms with Gasteiger partial charge in [-0.05, 0) is 40.9 Å². The second-order valence-corrected chi connectivity index (χ2v) is 5.90. The molecular formula is C10H13BrN2S. The molecule has 3 rings (SSSR count). The standard InChI is InChI=1S/C10H13BrN2S/c11-10-8-6-14-5-4-9(8)12-13(10)7-2-1-3-7/h7H,1-6H2. The molecule has 0 aromatic carbocycles. The highest BCUT2D eigenvalue weighted by Crippen LogP contribution is 2.38. The maximum atomic E-state index is 4.73. The van der Waals surface area contributed by atoms with Crippen LogP contribution in [-0.4, -0.2) is 15.5 Å². The van der Waals surface area contributed by atoms with Crippen LogP contribution >= 0.6 is 27.7 Å². The Labute approximate surface area is 96.6 Å². The molecule has 2 nitrogen and oxygen atoms in total. The summed E-state index contributed by atoms with van der Waals surface area (Å²) in [5.41, 5.74) is 2.79. The number of fused-ring (bicyclic) bond motifs is 1. The van der Waals surface area contributed by atoms with Crippen LogP contribution < -0.4 is 0 Å². The predicted molar refractivity (Wildman–Crippen MR) is 62.7 cm³/mol. The highest BCUT2D eigenvalue weighted by Gasteiger charge is 2.26. The summed E-state index contributed by atoms with van der Waals surface area (Å²) in [7, 11) is 0. The maximum Gasteiger partial charge on any atom is 0.108 e. The Hall–Kier alpha value is 0.0400. The molecule has 0 bridgehead atoms. The zero-order chi connectivity index (χ0) is 9.54. The highest BCUT2D eigenvalue weighted by atomic mass is 79.9. The molecule has 1 aromatic rings. The molecule has 4 heteroatoms. The van der Waals surface area contributed by atoms with Crippen molar-refractivity contribution in [3.05, 3.63) is 15.9 Å². The van der Waals surface area contributed by atoms with Crippen LogP contribution in [0.25, 0.3) is 0 Å². The van der Waals surface area contributed by atoms with Crippen molar-refractivity contribution in [3.8, 4) is 0 Å². The molecule has 0 atom stereocenters. The van der Waals surface area contributed by atoms with E-state index in [9.17, 15) is 0 Å². The molecule has 0 saturated heterocycles. The first-order valence-electron chi connectivity index (χ1n) is 5.20. The molecule has 14 heavy (non-hydrogen) atoms.